The number of aromatic nitrogens is 3. The molecule has 0 bridgehead atoms. The second-order valence-electron chi connectivity index (χ2n) is 3.18. The topological polar surface area (TPSA) is 76.7 Å². The fourth-order valence-corrected chi connectivity index (χ4v) is 1.53. The van der Waals surface area contributed by atoms with Gasteiger partial charge in [-0.3, -0.25) is 4.57 Å². The van der Waals surface area contributed by atoms with Gasteiger partial charge in [0.05, 0.1) is 0 Å². The van der Waals surface area contributed by atoms with Crippen LogP contribution in [0, 0.1) is 0 Å². The van der Waals surface area contributed by atoms with Gasteiger partial charge in [0.15, 0.2) is 0 Å². The van der Waals surface area contributed by atoms with Gasteiger partial charge in [-0.05, 0) is 12.8 Å². The number of rotatable bonds is 0. The number of hydrogen-bond donors (Lipinski definition) is 2. The van der Waals surface area contributed by atoms with E-state index in [-0.39, 0.29) is 11.7 Å². The van der Waals surface area contributed by atoms with Gasteiger partial charge in [0.25, 0.3) is 0 Å². The monoisotopic (exact) mass is 168 g/mol. The number of nitrogens with two attached hydrogens (primary N) is 1. The first-order valence-electron chi connectivity index (χ1n) is 4.17. The van der Waals surface area contributed by atoms with Crippen molar-refractivity contribution in [3.8, 4) is 0 Å². The van der Waals surface area contributed by atoms with Crippen LogP contribution in [0.15, 0.2) is 4.79 Å². The number of H-pyrrole nitrogens is 1. The summed E-state index contributed by atoms with van der Waals surface area (Å²) >= 11 is 0. The molecule has 0 fully saturated rings. The van der Waals surface area contributed by atoms with E-state index in [1.165, 1.54) is 0 Å². The van der Waals surface area contributed by atoms with E-state index in [9.17, 15) is 4.79 Å². The minimum atomic E-state index is -0.112. The van der Waals surface area contributed by atoms with Gasteiger partial charge in [-0.2, -0.15) is 5.10 Å². The van der Waals surface area contributed by atoms with E-state index in [1.54, 1.807) is 4.57 Å². The number of fused-ring (bicyclic) bond motifs is 1. The van der Waals surface area contributed by atoms with E-state index in [4.69, 9.17) is 5.73 Å². The normalized spacial score (nSPS) is 23.2. The molecule has 66 valence electrons. The Balaban J connectivity index is 2.34. The highest BCUT2D eigenvalue weighted by Crippen LogP contribution is 2.08. The van der Waals surface area contributed by atoms with Gasteiger partial charge in [0.1, 0.15) is 5.82 Å². The second-order valence-corrected chi connectivity index (χ2v) is 3.18. The van der Waals surface area contributed by atoms with Crippen LogP contribution in [0.1, 0.15) is 18.7 Å². The lowest BCUT2D eigenvalue weighted by Gasteiger charge is -2.03. The lowest BCUT2D eigenvalue weighted by Crippen LogP contribution is -2.22. The van der Waals surface area contributed by atoms with Gasteiger partial charge in [0, 0.05) is 19.0 Å². The molecule has 0 radical (unpaired) electrons. The Morgan fingerprint density at radius 1 is 1.58 bits per heavy atom. The SMILES string of the molecule is NC1CCc2n[nH]c(=O)n2CC1. The largest absolute Gasteiger partial charge is 0.343 e. The molecular weight excluding hydrogens is 156 g/mol. The summed E-state index contributed by atoms with van der Waals surface area (Å²) in [5, 5.41) is 6.36. The summed E-state index contributed by atoms with van der Waals surface area (Å²) in [4.78, 5) is 11.1. The molecule has 1 atom stereocenters. The zero-order valence-corrected chi connectivity index (χ0v) is 6.79. The third-order valence-electron chi connectivity index (χ3n) is 2.30. The molecule has 1 unspecified atom stereocenters. The highest BCUT2D eigenvalue weighted by Gasteiger charge is 2.15. The Bertz CT molecular complexity index is 326. The summed E-state index contributed by atoms with van der Waals surface area (Å²) < 4.78 is 1.67. The first kappa shape index (κ1) is 7.54. The Labute approximate surface area is 69.6 Å². The summed E-state index contributed by atoms with van der Waals surface area (Å²) in [6.07, 6.45) is 2.59. The second kappa shape index (κ2) is 2.75. The molecule has 1 aliphatic rings. The Hall–Kier alpha value is -1.10. The van der Waals surface area contributed by atoms with Crippen LogP contribution in [0.3, 0.4) is 0 Å². The molecule has 0 aromatic carbocycles. The molecule has 0 spiro atoms. The van der Waals surface area contributed by atoms with Crippen molar-refractivity contribution in [2.75, 3.05) is 0 Å². The summed E-state index contributed by atoms with van der Waals surface area (Å²) in [6, 6.07) is 0.214. The number of nitrogens with one attached hydrogen (secondary N) is 1. The molecule has 2 rings (SSSR count). The van der Waals surface area contributed by atoms with E-state index in [0.717, 1.165) is 25.1 Å². The Morgan fingerprint density at radius 2 is 2.42 bits per heavy atom. The molecule has 5 heteroatoms. The molecule has 1 aliphatic heterocycles. The van der Waals surface area contributed by atoms with Gasteiger partial charge in [0.2, 0.25) is 0 Å². The van der Waals surface area contributed by atoms with Crippen LogP contribution in [-0.4, -0.2) is 20.8 Å². The standard InChI is InChI=1S/C7H12N4O/c8-5-1-2-6-9-10-7(12)11(6)4-3-5/h5H,1-4,8H2,(H,10,12). The number of aromatic amines is 1. The molecule has 0 aliphatic carbocycles. The van der Waals surface area contributed by atoms with Crippen molar-refractivity contribution < 1.29 is 0 Å². The third-order valence-corrected chi connectivity index (χ3v) is 2.30. The lowest BCUT2D eigenvalue weighted by atomic mass is 10.1. The van der Waals surface area contributed by atoms with Crippen LogP contribution in [0.25, 0.3) is 0 Å². The highest BCUT2D eigenvalue weighted by molar-refractivity contribution is 4.90. The lowest BCUT2D eigenvalue weighted by molar-refractivity contribution is 0.547. The zero-order chi connectivity index (χ0) is 8.55. The van der Waals surface area contributed by atoms with Gasteiger partial charge in [-0.1, -0.05) is 0 Å². The summed E-state index contributed by atoms with van der Waals surface area (Å²) in [6.45, 7) is 0.700. The zero-order valence-electron chi connectivity index (χ0n) is 6.79. The van der Waals surface area contributed by atoms with E-state index < -0.39 is 0 Å². The Morgan fingerprint density at radius 3 is 3.25 bits per heavy atom. The maximum atomic E-state index is 11.1. The Kier molecular flexibility index (Phi) is 1.73. The van der Waals surface area contributed by atoms with Crippen molar-refractivity contribution in [2.24, 2.45) is 5.73 Å². The van der Waals surface area contributed by atoms with Crippen LogP contribution < -0.4 is 11.4 Å². The molecule has 0 saturated carbocycles. The van der Waals surface area contributed by atoms with Gasteiger partial charge in [-0.25, -0.2) is 9.89 Å². The van der Waals surface area contributed by atoms with Crippen molar-refractivity contribution in [1.82, 2.24) is 14.8 Å². The molecule has 2 heterocycles. The third kappa shape index (κ3) is 1.16. The van der Waals surface area contributed by atoms with Gasteiger partial charge >= 0.3 is 5.69 Å². The fourth-order valence-electron chi connectivity index (χ4n) is 1.53. The maximum absolute atomic E-state index is 11.1. The van der Waals surface area contributed by atoms with Crippen LogP contribution in [0.4, 0.5) is 0 Å². The van der Waals surface area contributed by atoms with Crippen molar-refractivity contribution >= 4 is 0 Å². The van der Waals surface area contributed by atoms with Crippen LogP contribution in [0.5, 0.6) is 0 Å². The average Bonchev–Trinajstić information content (AvgIpc) is 2.28. The highest BCUT2D eigenvalue weighted by atomic mass is 16.1. The first-order chi connectivity index (χ1) is 5.77. The van der Waals surface area contributed by atoms with Crippen molar-refractivity contribution in [2.45, 2.75) is 31.8 Å². The number of nitrogens with zero attached hydrogens (tertiary/aromatic N) is 2. The van der Waals surface area contributed by atoms with Gasteiger partial charge in [-0.15, -0.1) is 0 Å². The predicted octanol–water partition coefficient (Wildman–Crippen LogP) is -0.765. The van der Waals surface area contributed by atoms with Gasteiger partial charge < -0.3 is 5.73 Å². The molecule has 1 aromatic heterocycles. The van der Waals surface area contributed by atoms with E-state index >= 15 is 0 Å². The van der Waals surface area contributed by atoms with Crippen LogP contribution >= 0.6 is 0 Å². The van der Waals surface area contributed by atoms with Crippen molar-refractivity contribution in [3.63, 3.8) is 0 Å². The fraction of sp³-hybridized carbons (Fsp3) is 0.714. The van der Waals surface area contributed by atoms with Crippen LogP contribution in [-0.2, 0) is 13.0 Å². The van der Waals surface area contributed by atoms with Crippen molar-refractivity contribution in [3.05, 3.63) is 16.3 Å². The smallest absolute Gasteiger partial charge is 0.328 e. The maximum Gasteiger partial charge on any atom is 0.343 e. The quantitative estimate of drug-likeness (QED) is 0.534. The summed E-state index contributed by atoms with van der Waals surface area (Å²) in [5.41, 5.74) is 5.66. The number of hydrogen-bond acceptors (Lipinski definition) is 3. The molecule has 0 amide bonds. The van der Waals surface area contributed by atoms with Crippen molar-refractivity contribution in [1.29, 1.82) is 0 Å². The molecular formula is C7H12N4O. The predicted molar refractivity (Wildman–Crippen MR) is 43.8 cm³/mol. The molecule has 1 aromatic rings. The molecule has 0 saturated heterocycles. The molecule has 5 nitrogen and oxygen atoms in total. The average molecular weight is 168 g/mol. The minimum Gasteiger partial charge on any atom is -0.328 e. The first-order valence-corrected chi connectivity index (χ1v) is 4.17. The van der Waals surface area contributed by atoms with E-state index in [0.29, 0.717) is 6.54 Å². The van der Waals surface area contributed by atoms with Crippen LogP contribution in [0.2, 0.25) is 0 Å². The van der Waals surface area contributed by atoms with E-state index in [2.05, 4.69) is 10.2 Å². The van der Waals surface area contributed by atoms with E-state index in [1.807, 2.05) is 0 Å². The summed E-state index contributed by atoms with van der Waals surface area (Å²) in [7, 11) is 0. The summed E-state index contributed by atoms with van der Waals surface area (Å²) in [5.74, 6) is 0.841. The number of aryl methyl sites for hydroxylation is 1. The minimum absolute atomic E-state index is 0.112. The molecule has 3 N–H and O–H groups in total. The molecule has 12 heavy (non-hydrogen) atoms.